The highest BCUT2D eigenvalue weighted by Crippen LogP contribution is 2.34. The standard InChI is InChI=1S/C28H34F6N2O/c29-27(30,31)25(19-35-15-7-13-23(17-35)21-9-3-1-4-10-21)37-26(28(32,33)34)20-36-16-8-14-24(18-36)22-11-5-2-6-12-22/h1-6,9-12,23-26H,7-8,13-20H2. The van der Waals surface area contributed by atoms with Gasteiger partial charge >= 0.3 is 12.4 Å². The topological polar surface area (TPSA) is 15.7 Å². The number of ether oxygens (including phenoxy) is 1. The van der Waals surface area contributed by atoms with E-state index in [4.69, 9.17) is 4.74 Å². The van der Waals surface area contributed by atoms with Gasteiger partial charge in [-0.05, 0) is 61.7 Å². The first kappa shape index (κ1) is 27.9. The van der Waals surface area contributed by atoms with Crippen LogP contribution in [-0.2, 0) is 4.74 Å². The molecule has 0 amide bonds. The van der Waals surface area contributed by atoms with Gasteiger partial charge in [-0.15, -0.1) is 0 Å². The molecule has 37 heavy (non-hydrogen) atoms. The molecule has 2 aliphatic rings. The van der Waals surface area contributed by atoms with Crippen molar-refractivity contribution in [1.29, 1.82) is 0 Å². The Morgan fingerprint density at radius 1 is 0.649 bits per heavy atom. The summed E-state index contributed by atoms with van der Waals surface area (Å²) in [6.07, 6.45) is -11.8. The van der Waals surface area contributed by atoms with Crippen molar-refractivity contribution in [3.63, 3.8) is 0 Å². The van der Waals surface area contributed by atoms with Crippen molar-refractivity contribution in [2.24, 2.45) is 0 Å². The number of hydrogen-bond donors (Lipinski definition) is 0. The molecule has 0 N–H and O–H groups in total. The quantitative estimate of drug-likeness (QED) is 0.358. The molecule has 0 saturated carbocycles. The van der Waals surface area contributed by atoms with E-state index < -0.39 is 37.7 Å². The predicted octanol–water partition coefficient (Wildman–Crippen LogP) is 6.62. The van der Waals surface area contributed by atoms with Gasteiger partial charge in [0.2, 0.25) is 0 Å². The van der Waals surface area contributed by atoms with E-state index in [1.54, 1.807) is 9.80 Å². The van der Waals surface area contributed by atoms with Crippen molar-refractivity contribution in [3.8, 4) is 0 Å². The Hall–Kier alpha value is -2.10. The highest BCUT2D eigenvalue weighted by Gasteiger charge is 2.50. The van der Waals surface area contributed by atoms with Crippen LogP contribution in [0.25, 0.3) is 0 Å². The third kappa shape index (κ3) is 7.94. The minimum absolute atomic E-state index is 0.0468. The van der Waals surface area contributed by atoms with Crippen molar-refractivity contribution in [2.45, 2.75) is 62.1 Å². The number of halogens is 6. The summed E-state index contributed by atoms with van der Waals surface area (Å²) in [5, 5.41) is 0. The summed E-state index contributed by atoms with van der Waals surface area (Å²) in [5.74, 6) is 0.0935. The van der Waals surface area contributed by atoms with Crippen LogP contribution in [0.2, 0.25) is 0 Å². The fourth-order valence-electron chi connectivity index (χ4n) is 5.55. The lowest BCUT2D eigenvalue weighted by Crippen LogP contribution is -2.52. The summed E-state index contributed by atoms with van der Waals surface area (Å²) in [5.41, 5.74) is 2.06. The maximum Gasteiger partial charge on any atom is 0.415 e. The Labute approximate surface area is 214 Å². The molecule has 2 aromatic carbocycles. The fraction of sp³-hybridized carbons (Fsp3) is 0.571. The maximum atomic E-state index is 14.0. The van der Waals surface area contributed by atoms with E-state index in [1.807, 2.05) is 60.7 Å². The normalized spacial score (nSPS) is 24.1. The number of hydrogen-bond acceptors (Lipinski definition) is 3. The van der Waals surface area contributed by atoms with Gasteiger partial charge in [0.25, 0.3) is 0 Å². The van der Waals surface area contributed by atoms with Crippen molar-refractivity contribution in [3.05, 3.63) is 71.8 Å². The van der Waals surface area contributed by atoms with Crippen LogP contribution >= 0.6 is 0 Å². The Bertz CT molecular complexity index is 875. The first-order valence-corrected chi connectivity index (χ1v) is 12.9. The SMILES string of the molecule is FC(F)(F)C(CN1CCCC(c2ccccc2)C1)OC(CN1CCCC(c2ccccc2)C1)C(F)(F)F. The van der Waals surface area contributed by atoms with Gasteiger partial charge < -0.3 is 4.74 Å². The number of alkyl halides is 6. The zero-order valence-corrected chi connectivity index (χ0v) is 20.7. The van der Waals surface area contributed by atoms with Gasteiger partial charge in [-0.25, -0.2) is 0 Å². The lowest BCUT2D eigenvalue weighted by atomic mass is 9.90. The molecular formula is C28H34F6N2O. The lowest BCUT2D eigenvalue weighted by Gasteiger charge is -2.39. The number of piperidine rings is 2. The van der Waals surface area contributed by atoms with Gasteiger partial charge in [0.1, 0.15) is 0 Å². The lowest BCUT2D eigenvalue weighted by molar-refractivity contribution is -0.290. The van der Waals surface area contributed by atoms with Gasteiger partial charge in [0.05, 0.1) is 0 Å². The maximum absolute atomic E-state index is 14.0. The van der Waals surface area contributed by atoms with E-state index in [2.05, 4.69) is 0 Å². The second-order valence-corrected chi connectivity index (χ2v) is 10.2. The zero-order valence-electron chi connectivity index (χ0n) is 20.7. The molecule has 0 aliphatic carbocycles. The van der Waals surface area contributed by atoms with Crippen molar-refractivity contribution in [1.82, 2.24) is 9.80 Å². The van der Waals surface area contributed by atoms with Crippen LogP contribution < -0.4 is 0 Å². The molecule has 2 aromatic rings. The third-order valence-corrected chi connectivity index (χ3v) is 7.46. The molecule has 2 saturated heterocycles. The fourth-order valence-corrected chi connectivity index (χ4v) is 5.55. The van der Waals surface area contributed by atoms with Crippen LogP contribution in [0.5, 0.6) is 0 Å². The molecule has 3 nitrogen and oxygen atoms in total. The molecule has 4 unspecified atom stereocenters. The molecule has 0 radical (unpaired) electrons. The molecule has 4 atom stereocenters. The molecule has 4 rings (SSSR count). The van der Waals surface area contributed by atoms with Gasteiger partial charge in [-0.3, -0.25) is 9.80 Å². The second-order valence-electron chi connectivity index (χ2n) is 10.2. The van der Waals surface area contributed by atoms with Crippen LogP contribution in [-0.4, -0.2) is 73.6 Å². The van der Waals surface area contributed by atoms with Crippen molar-refractivity contribution in [2.75, 3.05) is 39.3 Å². The predicted molar refractivity (Wildman–Crippen MR) is 130 cm³/mol. The Morgan fingerprint density at radius 3 is 1.38 bits per heavy atom. The first-order chi connectivity index (χ1) is 17.6. The van der Waals surface area contributed by atoms with Crippen LogP contribution in [0.15, 0.2) is 60.7 Å². The molecular weight excluding hydrogens is 494 g/mol. The third-order valence-electron chi connectivity index (χ3n) is 7.46. The van der Waals surface area contributed by atoms with Crippen molar-refractivity contribution < 1.29 is 31.1 Å². The summed E-state index contributed by atoms with van der Waals surface area (Å²) in [7, 11) is 0. The van der Waals surface area contributed by atoms with Gasteiger partial charge in [0.15, 0.2) is 12.2 Å². The average molecular weight is 529 g/mol. The summed E-state index contributed by atoms with van der Waals surface area (Å²) in [6.45, 7) is 0.322. The number of nitrogens with zero attached hydrogens (tertiary/aromatic N) is 2. The van der Waals surface area contributed by atoms with Crippen LogP contribution in [0.4, 0.5) is 26.3 Å². The van der Waals surface area contributed by atoms with Crippen LogP contribution in [0.1, 0.15) is 48.6 Å². The summed E-state index contributed by atoms with van der Waals surface area (Å²) < 4.78 is 88.8. The highest BCUT2D eigenvalue weighted by molar-refractivity contribution is 5.21. The molecule has 0 spiro atoms. The summed E-state index contributed by atoms with van der Waals surface area (Å²) >= 11 is 0. The number of rotatable bonds is 8. The van der Waals surface area contributed by atoms with Gasteiger partial charge in [0, 0.05) is 26.2 Å². The van der Waals surface area contributed by atoms with Gasteiger partial charge in [-0.1, -0.05) is 60.7 Å². The highest BCUT2D eigenvalue weighted by atomic mass is 19.4. The van der Waals surface area contributed by atoms with Crippen molar-refractivity contribution >= 4 is 0 Å². The van der Waals surface area contributed by atoms with Crippen LogP contribution in [0.3, 0.4) is 0 Å². The molecule has 9 heteroatoms. The zero-order chi connectivity index (χ0) is 26.5. The minimum atomic E-state index is -4.91. The Kier molecular flexibility index (Phi) is 9.19. The average Bonchev–Trinajstić information content (AvgIpc) is 2.88. The van der Waals surface area contributed by atoms with E-state index in [9.17, 15) is 26.3 Å². The summed E-state index contributed by atoms with van der Waals surface area (Å²) in [6, 6.07) is 19.0. The second kappa shape index (κ2) is 12.2. The molecule has 2 heterocycles. The Morgan fingerprint density at radius 2 is 1.03 bits per heavy atom. The number of likely N-dealkylation sites (tertiary alicyclic amines) is 2. The largest absolute Gasteiger partial charge is 0.415 e. The van der Waals surface area contributed by atoms with E-state index in [1.165, 1.54) is 0 Å². The molecule has 0 aromatic heterocycles. The molecule has 0 bridgehead atoms. The van der Waals surface area contributed by atoms with Crippen LogP contribution in [0, 0.1) is 0 Å². The molecule has 2 fully saturated rings. The van der Waals surface area contributed by atoms with Gasteiger partial charge in [-0.2, -0.15) is 26.3 Å². The van der Waals surface area contributed by atoms with E-state index >= 15 is 0 Å². The van der Waals surface area contributed by atoms with E-state index in [-0.39, 0.29) is 11.8 Å². The molecule has 2 aliphatic heterocycles. The summed E-state index contributed by atoms with van der Waals surface area (Å²) in [4.78, 5) is 3.19. The minimum Gasteiger partial charge on any atom is -0.353 e. The van der Waals surface area contributed by atoms with E-state index in [0.717, 1.165) is 24.0 Å². The monoisotopic (exact) mass is 528 g/mol. The Balaban J connectivity index is 1.42. The van der Waals surface area contributed by atoms with E-state index in [0.29, 0.717) is 39.0 Å². The smallest absolute Gasteiger partial charge is 0.353 e. The molecule has 204 valence electrons. The first-order valence-electron chi connectivity index (χ1n) is 12.9. The number of benzene rings is 2.